The lowest BCUT2D eigenvalue weighted by Crippen LogP contribution is -1.91. The van der Waals surface area contributed by atoms with Gasteiger partial charge < -0.3 is 4.52 Å². The van der Waals surface area contributed by atoms with Crippen molar-refractivity contribution < 1.29 is 4.52 Å². The fraction of sp³-hybridized carbons (Fsp3) is 0.0769. The molecule has 0 bridgehead atoms. The van der Waals surface area contributed by atoms with Crippen molar-refractivity contribution in [2.45, 2.75) is 6.92 Å². The molecule has 0 amide bonds. The SMILES string of the molecule is Cc1cc(-c2nn3c(-c4ccccc4Br)nnc3s2)no1. The molecular formula is C13H8BrN5OS. The fourth-order valence-corrected chi connectivity index (χ4v) is 3.25. The predicted octanol–water partition coefficient (Wildman–Crippen LogP) is 3.58. The number of rotatable bonds is 2. The molecule has 0 spiro atoms. The first kappa shape index (κ1) is 12.7. The summed E-state index contributed by atoms with van der Waals surface area (Å²) in [6.07, 6.45) is 0. The summed E-state index contributed by atoms with van der Waals surface area (Å²) in [5.74, 6) is 1.45. The molecule has 0 N–H and O–H groups in total. The van der Waals surface area contributed by atoms with Crippen LogP contribution >= 0.6 is 27.3 Å². The van der Waals surface area contributed by atoms with Gasteiger partial charge in [-0.15, -0.1) is 10.2 Å². The van der Waals surface area contributed by atoms with Gasteiger partial charge in [0.15, 0.2) is 10.8 Å². The second-order valence-electron chi connectivity index (χ2n) is 4.43. The maximum Gasteiger partial charge on any atom is 0.235 e. The minimum atomic E-state index is 0.695. The first-order chi connectivity index (χ1) is 10.2. The van der Waals surface area contributed by atoms with Crippen LogP contribution in [-0.2, 0) is 0 Å². The molecule has 3 heterocycles. The Hall–Kier alpha value is -2.06. The molecule has 0 saturated carbocycles. The number of halogens is 1. The smallest absolute Gasteiger partial charge is 0.235 e. The molecular weight excluding hydrogens is 354 g/mol. The summed E-state index contributed by atoms with van der Waals surface area (Å²) < 4.78 is 7.77. The molecule has 21 heavy (non-hydrogen) atoms. The molecule has 0 unspecified atom stereocenters. The normalized spacial score (nSPS) is 11.3. The van der Waals surface area contributed by atoms with E-state index >= 15 is 0 Å². The Bertz CT molecular complexity index is 941. The quantitative estimate of drug-likeness (QED) is 0.545. The Morgan fingerprint density at radius 3 is 2.86 bits per heavy atom. The highest BCUT2D eigenvalue weighted by Gasteiger charge is 2.17. The number of nitrogens with zero attached hydrogens (tertiary/aromatic N) is 5. The number of aryl methyl sites for hydroxylation is 1. The summed E-state index contributed by atoms with van der Waals surface area (Å²) in [7, 11) is 0. The van der Waals surface area contributed by atoms with Gasteiger partial charge in [-0.25, -0.2) is 0 Å². The van der Waals surface area contributed by atoms with Crippen molar-refractivity contribution in [1.82, 2.24) is 25.0 Å². The molecule has 4 rings (SSSR count). The highest BCUT2D eigenvalue weighted by Crippen LogP contribution is 2.30. The molecule has 0 radical (unpaired) electrons. The van der Waals surface area contributed by atoms with Gasteiger partial charge in [-0.3, -0.25) is 0 Å². The third-order valence-corrected chi connectivity index (χ3v) is 4.57. The second-order valence-corrected chi connectivity index (χ2v) is 6.24. The minimum Gasteiger partial charge on any atom is -0.361 e. The third kappa shape index (κ3) is 2.07. The van der Waals surface area contributed by atoms with E-state index in [2.05, 4.69) is 36.4 Å². The van der Waals surface area contributed by atoms with E-state index in [1.807, 2.05) is 37.3 Å². The zero-order chi connectivity index (χ0) is 14.4. The number of aromatic nitrogens is 5. The maximum atomic E-state index is 5.09. The molecule has 0 aliphatic rings. The van der Waals surface area contributed by atoms with Crippen LogP contribution in [0.25, 0.3) is 27.1 Å². The summed E-state index contributed by atoms with van der Waals surface area (Å²) in [6.45, 7) is 1.85. The van der Waals surface area contributed by atoms with Gasteiger partial charge in [0, 0.05) is 16.1 Å². The summed E-state index contributed by atoms with van der Waals surface area (Å²) in [6, 6.07) is 9.69. The average molecular weight is 362 g/mol. The Morgan fingerprint density at radius 1 is 1.24 bits per heavy atom. The minimum absolute atomic E-state index is 0.695. The van der Waals surface area contributed by atoms with Gasteiger partial charge in [0.1, 0.15) is 11.5 Å². The summed E-state index contributed by atoms with van der Waals surface area (Å²) in [4.78, 5) is 0.719. The summed E-state index contributed by atoms with van der Waals surface area (Å²) in [5.41, 5.74) is 1.65. The lowest BCUT2D eigenvalue weighted by molar-refractivity contribution is 0.399. The zero-order valence-corrected chi connectivity index (χ0v) is 13.2. The highest BCUT2D eigenvalue weighted by molar-refractivity contribution is 9.10. The van der Waals surface area contributed by atoms with Gasteiger partial charge in [0.2, 0.25) is 4.96 Å². The Balaban J connectivity index is 1.89. The van der Waals surface area contributed by atoms with Gasteiger partial charge in [-0.05, 0) is 19.1 Å². The highest BCUT2D eigenvalue weighted by atomic mass is 79.9. The van der Waals surface area contributed by atoms with Crippen LogP contribution in [0.1, 0.15) is 5.76 Å². The van der Waals surface area contributed by atoms with Crippen molar-refractivity contribution >= 4 is 32.2 Å². The van der Waals surface area contributed by atoms with Crippen molar-refractivity contribution in [3.05, 3.63) is 40.6 Å². The van der Waals surface area contributed by atoms with Crippen molar-refractivity contribution in [3.8, 4) is 22.1 Å². The van der Waals surface area contributed by atoms with Gasteiger partial charge in [-0.1, -0.05) is 44.6 Å². The molecule has 0 aliphatic heterocycles. The molecule has 6 nitrogen and oxygen atoms in total. The molecule has 0 atom stereocenters. The van der Waals surface area contributed by atoms with E-state index in [-0.39, 0.29) is 0 Å². The molecule has 1 aromatic carbocycles. The molecule has 4 aromatic rings. The first-order valence-electron chi connectivity index (χ1n) is 6.13. The Labute approximate surface area is 131 Å². The van der Waals surface area contributed by atoms with Crippen molar-refractivity contribution in [2.24, 2.45) is 0 Å². The van der Waals surface area contributed by atoms with Crippen LogP contribution in [0, 0.1) is 6.92 Å². The van der Waals surface area contributed by atoms with E-state index in [9.17, 15) is 0 Å². The van der Waals surface area contributed by atoms with Crippen LogP contribution in [0.4, 0.5) is 0 Å². The van der Waals surface area contributed by atoms with E-state index < -0.39 is 0 Å². The third-order valence-electron chi connectivity index (χ3n) is 2.95. The van der Waals surface area contributed by atoms with Crippen LogP contribution in [0.5, 0.6) is 0 Å². The van der Waals surface area contributed by atoms with Gasteiger partial charge in [-0.2, -0.15) is 9.61 Å². The largest absolute Gasteiger partial charge is 0.361 e. The second kappa shape index (κ2) is 4.74. The van der Waals surface area contributed by atoms with Crippen molar-refractivity contribution in [1.29, 1.82) is 0 Å². The average Bonchev–Trinajstić information content (AvgIpc) is 3.14. The zero-order valence-electron chi connectivity index (χ0n) is 10.8. The van der Waals surface area contributed by atoms with Crippen LogP contribution < -0.4 is 0 Å². The molecule has 8 heteroatoms. The molecule has 0 aliphatic carbocycles. The lowest BCUT2D eigenvalue weighted by atomic mass is 10.2. The number of hydrogen-bond donors (Lipinski definition) is 0. The Morgan fingerprint density at radius 2 is 2.10 bits per heavy atom. The number of fused-ring (bicyclic) bond motifs is 1. The number of benzene rings is 1. The van der Waals surface area contributed by atoms with E-state index in [4.69, 9.17) is 4.52 Å². The van der Waals surface area contributed by atoms with E-state index in [1.54, 1.807) is 4.52 Å². The monoisotopic (exact) mass is 361 g/mol. The standard InChI is InChI=1S/C13H8BrN5OS/c1-7-6-10(18-20-7)12-17-19-11(15-16-13(19)21-12)8-4-2-3-5-9(8)14/h2-6H,1H3. The van der Waals surface area contributed by atoms with Gasteiger partial charge >= 0.3 is 0 Å². The first-order valence-corrected chi connectivity index (χ1v) is 7.74. The van der Waals surface area contributed by atoms with Crippen molar-refractivity contribution in [3.63, 3.8) is 0 Å². The Kier molecular flexibility index (Phi) is 2.86. The lowest BCUT2D eigenvalue weighted by Gasteiger charge is -1.99. The van der Waals surface area contributed by atoms with Gasteiger partial charge in [0.25, 0.3) is 0 Å². The van der Waals surface area contributed by atoms with Crippen LogP contribution in [0.15, 0.2) is 39.3 Å². The van der Waals surface area contributed by atoms with Crippen LogP contribution in [-0.4, -0.2) is 25.0 Å². The number of hydrogen-bond acceptors (Lipinski definition) is 6. The molecule has 0 fully saturated rings. The molecule has 3 aromatic heterocycles. The summed E-state index contributed by atoms with van der Waals surface area (Å²) in [5, 5.41) is 17.7. The molecule has 0 saturated heterocycles. The van der Waals surface area contributed by atoms with Crippen LogP contribution in [0.3, 0.4) is 0 Å². The van der Waals surface area contributed by atoms with Crippen molar-refractivity contribution in [2.75, 3.05) is 0 Å². The van der Waals surface area contributed by atoms with E-state index in [0.29, 0.717) is 11.5 Å². The maximum absolute atomic E-state index is 5.09. The van der Waals surface area contributed by atoms with Gasteiger partial charge in [0.05, 0.1) is 0 Å². The summed E-state index contributed by atoms with van der Waals surface area (Å²) >= 11 is 4.95. The van der Waals surface area contributed by atoms with E-state index in [1.165, 1.54) is 11.3 Å². The molecule has 104 valence electrons. The predicted molar refractivity (Wildman–Crippen MR) is 82.0 cm³/mol. The fourth-order valence-electron chi connectivity index (χ4n) is 2.00. The van der Waals surface area contributed by atoms with Crippen LogP contribution in [0.2, 0.25) is 0 Å². The van der Waals surface area contributed by atoms with E-state index in [0.717, 1.165) is 25.8 Å². The topological polar surface area (TPSA) is 69.1 Å².